The van der Waals surface area contributed by atoms with E-state index in [1.165, 1.54) is 36.5 Å². The summed E-state index contributed by atoms with van der Waals surface area (Å²) in [5.41, 5.74) is 6.37. The smallest absolute Gasteiger partial charge is 0.238 e. The van der Waals surface area contributed by atoms with Gasteiger partial charge in [0.05, 0.1) is 17.3 Å². The molecule has 0 aliphatic rings. The van der Waals surface area contributed by atoms with Crippen LogP contribution >= 0.6 is 0 Å². The summed E-state index contributed by atoms with van der Waals surface area (Å²) < 4.78 is 28.7. The SMILES string of the molecule is CS(=O)(=O)c1cccnc1Oc1ccc(C#N)cc1N. The standard InChI is InChI=1S/C13H11N3O3S/c1-20(17,18)12-3-2-6-16-13(12)19-11-5-4-9(8-14)7-10(11)15/h2-7H,15H2,1H3. The maximum absolute atomic E-state index is 11.6. The Kier molecular flexibility index (Phi) is 3.59. The molecule has 2 N–H and O–H groups in total. The number of ether oxygens (including phenoxy) is 1. The van der Waals surface area contributed by atoms with Gasteiger partial charge in [0, 0.05) is 12.5 Å². The molecule has 0 bridgehead atoms. The highest BCUT2D eigenvalue weighted by molar-refractivity contribution is 7.90. The predicted octanol–water partition coefficient (Wildman–Crippen LogP) is 1.73. The van der Waals surface area contributed by atoms with Crippen LogP contribution in [0.1, 0.15) is 5.56 Å². The van der Waals surface area contributed by atoms with Crippen LogP contribution in [-0.2, 0) is 9.84 Å². The third-order valence-electron chi connectivity index (χ3n) is 2.48. The van der Waals surface area contributed by atoms with Crippen molar-refractivity contribution in [2.24, 2.45) is 0 Å². The lowest BCUT2D eigenvalue weighted by atomic mass is 10.2. The summed E-state index contributed by atoms with van der Waals surface area (Å²) in [6.07, 6.45) is 2.49. The molecule has 0 aliphatic carbocycles. The second-order valence-electron chi connectivity index (χ2n) is 4.05. The maximum atomic E-state index is 11.6. The van der Waals surface area contributed by atoms with Crippen LogP contribution in [0.25, 0.3) is 0 Å². The Bertz CT molecular complexity index is 795. The number of nitrogen functional groups attached to an aromatic ring is 1. The minimum atomic E-state index is -3.46. The fraction of sp³-hybridized carbons (Fsp3) is 0.0769. The van der Waals surface area contributed by atoms with Crippen molar-refractivity contribution >= 4 is 15.5 Å². The van der Waals surface area contributed by atoms with Crippen molar-refractivity contribution in [3.8, 4) is 17.7 Å². The second kappa shape index (κ2) is 5.19. The van der Waals surface area contributed by atoms with E-state index >= 15 is 0 Å². The third-order valence-corrected chi connectivity index (χ3v) is 3.59. The molecule has 1 aromatic heterocycles. The molecule has 0 radical (unpaired) electrons. The molecule has 2 aromatic rings. The van der Waals surface area contributed by atoms with Gasteiger partial charge in [0.15, 0.2) is 15.6 Å². The third kappa shape index (κ3) is 2.87. The molecule has 20 heavy (non-hydrogen) atoms. The van der Waals surface area contributed by atoms with Gasteiger partial charge in [-0.25, -0.2) is 13.4 Å². The summed E-state index contributed by atoms with van der Waals surface area (Å²) in [7, 11) is -3.46. The Hall–Kier alpha value is -2.59. The van der Waals surface area contributed by atoms with Crippen LogP contribution < -0.4 is 10.5 Å². The van der Waals surface area contributed by atoms with E-state index < -0.39 is 9.84 Å². The lowest BCUT2D eigenvalue weighted by molar-refractivity contribution is 0.449. The Morgan fingerprint density at radius 3 is 2.70 bits per heavy atom. The van der Waals surface area contributed by atoms with E-state index in [0.29, 0.717) is 5.56 Å². The fourth-order valence-electron chi connectivity index (χ4n) is 1.55. The molecule has 0 aliphatic heterocycles. The highest BCUT2D eigenvalue weighted by Gasteiger charge is 2.16. The lowest BCUT2D eigenvalue weighted by Gasteiger charge is -2.10. The summed E-state index contributed by atoms with van der Waals surface area (Å²) in [5.74, 6) is 0.194. The number of sulfone groups is 1. The lowest BCUT2D eigenvalue weighted by Crippen LogP contribution is -2.02. The summed E-state index contributed by atoms with van der Waals surface area (Å²) in [5, 5.41) is 8.76. The van der Waals surface area contributed by atoms with Crippen molar-refractivity contribution in [1.82, 2.24) is 4.98 Å². The van der Waals surface area contributed by atoms with Crippen molar-refractivity contribution in [2.45, 2.75) is 4.90 Å². The van der Waals surface area contributed by atoms with E-state index in [1.807, 2.05) is 6.07 Å². The molecule has 102 valence electrons. The van der Waals surface area contributed by atoms with Gasteiger partial charge in [-0.3, -0.25) is 0 Å². The van der Waals surface area contributed by atoms with E-state index in [9.17, 15) is 8.42 Å². The molecule has 0 saturated heterocycles. The Morgan fingerprint density at radius 1 is 1.35 bits per heavy atom. The molecule has 0 saturated carbocycles. The number of nitriles is 1. The van der Waals surface area contributed by atoms with Crippen LogP contribution in [0, 0.1) is 11.3 Å². The van der Waals surface area contributed by atoms with Crippen molar-refractivity contribution in [2.75, 3.05) is 12.0 Å². The average molecular weight is 289 g/mol. The minimum absolute atomic E-state index is 0.0243. The van der Waals surface area contributed by atoms with E-state index in [-0.39, 0.29) is 22.2 Å². The Labute approximate surface area is 116 Å². The zero-order chi connectivity index (χ0) is 14.8. The minimum Gasteiger partial charge on any atom is -0.436 e. The Balaban J connectivity index is 2.44. The van der Waals surface area contributed by atoms with Gasteiger partial charge in [-0.1, -0.05) is 0 Å². The van der Waals surface area contributed by atoms with E-state index in [0.717, 1.165) is 6.26 Å². The maximum Gasteiger partial charge on any atom is 0.238 e. The van der Waals surface area contributed by atoms with Crippen molar-refractivity contribution < 1.29 is 13.2 Å². The number of hydrogen-bond donors (Lipinski definition) is 1. The molecule has 0 atom stereocenters. The van der Waals surface area contributed by atoms with Gasteiger partial charge in [0.2, 0.25) is 5.88 Å². The number of hydrogen-bond acceptors (Lipinski definition) is 6. The van der Waals surface area contributed by atoms with Crippen molar-refractivity contribution in [1.29, 1.82) is 5.26 Å². The van der Waals surface area contributed by atoms with Crippen LogP contribution in [0.3, 0.4) is 0 Å². The summed E-state index contributed by atoms with van der Waals surface area (Å²) in [6, 6.07) is 9.31. The number of nitrogens with zero attached hydrogens (tertiary/aromatic N) is 2. The van der Waals surface area contributed by atoms with E-state index in [4.69, 9.17) is 15.7 Å². The number of benzene rings is 1. The first-order chi connectivity index (χ1) is 9.41. The van der Waals surface area contributed by atoms with Crippen LogP contribution in [0.2, 0.25) is 0 Å². The highest BCUT2D eigenvalue weighted by atomic mass is 32.2. The number of anilines is 1. The average Bonchev–Trinajstić information content (AvgIpc) is 2.40. The summed E-state index contributed by atoms with van der Waals surface area (Å²) in [4.78, 5) is 3.88. The zero-order valence-electron chi connectivity index (χ0n) is 10.6. The first-order valence-electron chi connectivity index (χ1n) is 5.54. The molecule has 6 nitrogen and oxygen atoms in total. The quantitative estimate of drug-likeness (QED) is 0.862. The molecule has 0 fully saturated rings. The molecular formula is C13H11N3O3S. The van der Waals surface area contributed by atoms with Gasteiger partial charge in [-0.2, -0.15) is 5.26 Å². The predicted molar refractivity (Wildman–Crippen MR) is 73.0 cm³/mol. The number of pyridine rings is 1. The van der Waals surface area contributed by atoms with E-state index in [1.54, 1.807) is 0 Å². The molecule has 0 amide bonds. The molecule has 0 spiro atoms. The van der Waals surface area contributed by atoms with Crippen molar-refractivity contribution in [3.05, 3.63) is 42.1 Å². The monoisotopic (exact) mass is 289 g/mol. The van der Waals surface area contributed by atoms with Crippen LogP contribution in [-0.4, -0.2) is 19.7 Å². The molecule has 0 unspecified atom stereocenters. The first-order valence-corrected chi connectivity index (χ1v) is 7.43. The van der Waals surface area contributed by atoms with Crippen LogP contribution in [0.15, 0.2) is 41.4 Å². The molecule has 1 aromatic carbocycles. The number of aromatic nitrogens is 1. The van der Waals surface area contributed by atoms with Gasteiger partial charge in [-0.15, -0.1) is 0 Å². The van der Waals surface area contributed by atoms with Gasteiger partial charge in [-0.05, 0) is 30.3 Å². The zero-order valence-corrected chi connectivity index (χ0v) is 11.4. The second-order valence-corrected chi connectivity index (χ2v) is 6.03. The Morgan fingerprint density at radius 2 is 2.10 bits per heavy atom. The van der Waals surface area contributed by atoms with Crippen LogP contribution in [0.4, 0.5) is 5.69 Å². The summed E-state index contributed by atoms with van der Waals surface area (Å²) in [6.45, 7) is 0. The first kappa shape index (κ1) is 13.8. The van der Waals surface area contributed by atoms with Gasteiger partial charge < -0.3 is 10.5 Å². The van der Waals surface area contributed by atoms with E-state index in [2.05, 4.69) is 4.98 Å². The molecule has 2 rings (SSSR count). The van der Waals surface area contributed by atoms with Crippen LogP contribution in [0.5, 0.6) is 11.6 Å². The molecule has 1 heterocycles. The van der Waals surface area contributed by atoms with Gasteiger partial charge >= 0.3 is 0 Å². The van der Waals surface area contributed by atoms with Gasteiger partial charge in [0.25, 0.3) is 0 Å². The number of rotatable bonds is 3. The fourth-order valence-corrected chi connectivity index (χ4v) is 2.29. The number of nitrogens with two attached hydrogens (primary N) is 1. The largest absolute Gasteiger partial charge is 0.436 e. The highest BCUT2D eigenvalue weighted by Crippen LogP contribution is 2.30. The molecule has 7 heteroatoms. The van der Waals surface area contributed by atoms with Gasteiger partial charge in [0.1, 0.15) is 4.90 Å². The summed E-state index contributed by atoms with van der Waals surface area (Å²) >= 11 is 0. The molecular weight excluding hydrogens is 278 g/mol. The topological polar surface area (TPSA) is 106 Å². The van der Waals surface area contributed by atoms with Crippen molar-refractivity contribution in [3.63, 3.8) is 0 Å². The normalized spacial score (nSPS) is 10.8.